The summed E-state index contributed by atoms with van der Waals surface area (Å²) in [6, 6.07) is 15.4. The van der Waals surface area contributed by atoms with Gasteiger partial charge in [-0.2, -0.15) is 0 Å². The minimum Gasteiger partial charge on any atom is -0.481 e. The van der Waals surface area contributed by atoms with Gasteiger partial charge >= 0.3 is 5.97 Å². The van der Waals surface area contributed by atoms with Gasteiger partial charge in [-0.15, -0.1) is 0 Å². The van der Waals surface area contributed by atoms with Crippen molar-refractivity contribution in [1.82, 2.24) is 0 Å². The molecule has 1 unspecified atom stereocenters. The molecule has 0 spiro atoms. The van der Waals surface area contributed by atoms with Crippen molar-refractivity contribution in [3.8, 4) is 0 Å². The molecular formula is C17H12O3. The van der Waals surface area contributed by atoms with E-state index in [0.717, 1.165) is 22.3 Å². The summed E-state index contributed by atoms with van der Waals surface area (Å²) in [4.78, 5) is 24.1. The smallest absolute Gasteiger partial charge is 0.315 e. The molecule has 1 N–H and O–H groups in total. The molecule has 5 rings (SSSR count). The molecule has 0 amide bonds. The Labute approximate surface area is 115 Å². The molecule has 0 fully saturated rings. The Balaban J connectivity index is 2.07. The van der Waals surface area contributed by atoms with Gasteiger partial charge in [0.2, 0.25) is 0 Å². The van der Waals surface area contributed by atoms with E-state index in [1.54, 1.807) is 0 Å². The lowest BCUT2D eigenvalue weighted by atomic mass is 9.58. The van der Waals surface area contributed by atoms with Gasteiger partial charge < -0.3 is 5.11 Å². The van der Waals surface area contributed by atoms with Gasteiger partial charge in [0, 0.05) is 5.92 Å². The Kier molecular flexibility index (Phi) is 2.16. The zero-order valence-corrected chi connectivity index (χ0v) is 10.6. The lowest BCUT2D eigenvalue weighted by Gasteiger charge is -2.42. The molecule has 98 valence electrons. The van der Waals surface area contributed by atoms with E-state index in [9.17, 15) is 14.7 Å². The van der Waals surface area contributed by atoms with E-state index in [1.807, 2.05) is 48.5 Å². The Morgan fingerprint density at radius 3 is 1.75 bits per heavy atom. The monoisotopic (exact) mass is 264 g/mol. The molecule has 3 nitrogen and oxygen atoms in total. The molecule has 3 aliphatic carbocycles. The number of Topliss-reactive ketones (excluding diaryl/α,β-unsaturated/α-hetero) is 1. The molecule has 0 aromatic heterocycles. The average molecular weight is 264 g/mol. The molecule has 0 heterocycles. The van der Waals surface area contributed by atoms with Crippen molar-refractivity contribution < 1.29 is 14.7 Å². The first-order valence-electron chi connectivity index (χ1n) is 6.64. The van der Waals surface area contributed by atoms with Gasteiger partial charge in [-0.05, 0) is 22.3 Å². The second-order valence-corrected chi connectivity index (χ2v) is 5.39. The first kappa shape index (κ1) is 11.4. The van der Waals surface area contributed by atoms with Crippen molar-refractivity contribution in [2.75, 3.05) is 0 Å². The number of carboxylic acid groups (broad SMARTS) is 1. The number of hydrogen-bond donors (Lipinski definition) is 1. The zero-order chi connectivity index (χ0) is 13.9. The summed E-state index contributed by atoms with van der Waals surface area (Å²) in [5.74, 6) is -2.93. The molecular weight excluding hydrogens is 252 g/mol. The molecule has 20 heavy (non-hydrogen) atoms. The SMILES string of the molecule is O=C(O)C1C(=O)C2c3ccccc3C1c1ccccc12. The number of carbonyl (C=O) groups is 2. The number of aliphatic carboxylic acids is 1. The van der Waals surface area contributed by atoms with Crippen LogP contribution in [0.5, 0.6) is 0 Å². The number of carboxylic acids is 1. The molecule has 0 aliphatic heterocycles. The molecule has 3 heteroatoms. The van der Waals surface area contributed by atoms with Crippen LogP contribution in [0.2, 0.25) is 0 Å². The second-order valence-electron chi connectivity index (χ2n) is 5.39. The fraction of sp³-hybridized carbons (Fsp3) is 0.176. The molecule has 1 atom stereocenters. The summed E-state index contributed by atoms with van der Waals surface area (Å²) in [6.45, 7) is 0. The normalized spacial score (nSPS) is 26.0. The lowest BCUT2D eigenvalue weighted by Crippen LogP contribution is -2.44. The van der Waals surface area contributed by atoms with Crippen LogP contribution in [0.15, 0.2) is 48.5 Å². The number of hydrogen-bond acceptors (Lipinski definition) is 2. The fourth-order valence-corrected chi connectivity index (χ4v) is 3.72. The number of fused-ring (bicyclic) bond motifs is 1. The van der Waals surface area contributed by atoms with E-state index in [1.165, 1.54) is 0 Å². The average Bonchev–Trinajstić information content (AvgIpc) is 2.47. The summed E-state index contributed by atoms with van der Waals surface area (Å²) in [5.41, 5.74) is 3.92. The third-order valence-corrected chi connectivity index (χ3v) is 4.47. The second kappa shape index (κ2) is 3.79. The van der Waals surface area contributed by atoms with Gasteiger partial charge in [0.1, 0.15) is 5.92 Å². The van der Waals surface area contributed by atoms with Crippen LogP contribution in [0, 0.1) is 5.92 Å². The van der Waals surface area contributed by atoms with Crippen LogP contribution >= 0.6 is 0 Å². The van der Waals surface area contributed by atoms with Crippen LogP contribution in [0.4, 0.5) is 0 Å². The number of ketones is 1. The van der Waals surface area contributed by atoms with Gasteiger partial charge in [0.05, 0.1) is 5.92 Å². The number of carbonyl (C=O) groups excluding carboxylic acids is 1. The molecule has 2 aromatic carbocycles. The van der Waals surface area contributed by atoms with Crippen LogP contribution in [-0.2, 0) is 9.59 Å². The standard InChI is InChI=1S/C17H12O3/c18-16-14-11-7-3-1-5-9(11)13(15(16)17(19)20)10-6-2-4-8-12(10)14/h1-8,13-15H,(H,19,20). The predicted octanol–water partition coefficient (Wildman–Crippen LogP) is 2.55. The Hall–Kier alpha value is -2.42. The number of rotatable bonds is 1. The summed E-state index contributed by atoms with van der Waals surface area (Å²) in [5, 5.41) is 9.46. The summed E-state index contributed by atoms with van der Waals surface area (Å²) in [7, 11) is 0. The maximum Gasteiger partial charge on any atom is 0.315 e. The van der Waals surface area contributed by atoms with Gasteiger partial charge in [0.25, 0.3) is 0 Å². The molecule has 0 saturated heterocycles. The van der Waals surface area contributed by atoms with E-state index in [-0.39, 0.29) is 11.7 Å². The van der Waals surface area contributed by atoms with Crippen LogP contribution in [0.25, 0.3) is 0 Å². The van der Waals surface area contributed by atoms with Crippen molar-refractivity contribution in [3.63, 3.8) is 0 Å². The van der Waals surface area contributed by atoms with E-state index in [2.05, 4.69) is 0 Å². The minimum absolute atomic E-state index is 0.181. The highest BCUT2D eigenvalue weighted by molar-refractivity contribution is 6.08. The van der Waals surface area contributed by atoms with Gasteiger partial charge in [-0.3, -0.25) is 9.59 Å². The lowest BCUT2D eigenvalue weighted by molar-refractivity contribution is -0.148. The molecule has 3 aliphatic rings. The summed E-state index contributed by atoms with van der Waals surface area (Å²) >= 11 is 0. The molecule has 2 bridgehead atoms. The Morgan fingerprint density at radius 1 is 0.850 bits per heavy atom. The fourth-order valence-electron chi connectivity index (χ4n) is 3.72. The minimum atomic E-state index is -1.02. The van der Waals surface area contributed by atoms with Crippen molar-refractivity contribution in [3.05, 3.63) is 70.8 Å². The number of benzene rings is 2. The van der Waals surface area contributed by atoms with Crippen molar-refractivity contribution >= 4 is 11.8 Å². The summed E-state index contributed by atoms with van der Waals surface area (Å²) < 4.78 is 0. The first-order valence-corrected chi connectivity index (χ1v) is 6.64. The highest BCUT2D eigenvalue weighted by Gasteiger charge is 2.51. The highest BCUT2D eigenvalue weighted by atomic mass is 16.4. The highest BCUT2D eigenvalue weighted by Crippen LogP contribution is 2.53. The van der Waals surface area contributed by atoms with E-state index >= 15 is 0 Å². The predicted molar refractivity (Wildman–Crippen MR) is 72.7 cm³/mol. The Morgan fingerprint density at radius 2 is 1.30 bits per heavy atom. The van der Waals surface area contributed by atoms with E-state index < -0.39 is 17.8 Å². The summed E-state index contributed by atoms with van der Waals surface area (Å²) in [6.07, 6.45) is 0. The molecule has 0 radical (unpaired) electrons. The quantitative estimate of drug-likeness (QED) is 0.805. The third kappa shape index (κ3) is 1.24. The van der Waals surface area contributed by atoms with Gasteiger partial charge in [0.15, 0.2) is 5.78 Å². The van der Waals surface area contributed by atoms with Crippen LogP contribution < -0.4 is 0 Å². The van der Waals surface area contributed by atoms with Crippen molar-refractivity contribution in [2.45, 2.75) is 11.8 Å². The molecule has 2 aromatic rings. The largest absolute Gasteiger partial charge is 0.481 e. The van der Waals surface area contributed by atoms with Crippen LogP contribution in [0.3, 0.4) is 0 Å². The van der Waals surface area contributed by atoms with E-state index in [4.69, 9.17) is 0 Å². The molecule has 0 saturated carbocycles. The first-order chi connectivity index (χ1) is 9.70. The maximum absolute atomic E-state index is 12.6. The van der Waals surface area contributed by atoms with E-state index in [0.29, 0.717) is 0 Å². The van der Waals surface area contributed by atoms with Crippen molar-refractivity contribution in [1.29, 1.82) is 0 Å². The zero-order valence-electron chi connectivity index (χ0n) is 10.6. The van der Waals surface area contributed by atoms with Gasteiger partial charge in [-0.1, -0.05) is 48.5 Å². The van der Waals surface area contributed by atoms with Crippen LogP contribution in [-0.4, -0.2) is 16.9 Å². The van der Waals surface area contributed by atoms with Crippen molar-refractivity contribution in [2.24, 2.45) is 5.92 Å². The van der Waals surface area contributed by atoms with Gasteiger partial charge in [-0.25, -0.2) is 0 Å². The third-order valence-electron chi connectivity index (χ3n) is 4.47. The topological polar surface area (TPSA) is 54.4 Å². The Bertz CT molecular complexity index is 700. The maximum atomic E-state index is 12.6. The van der Waals surface area contributed by atoms with Crippen LogP contribution in [0.1, 0.15) is 34.1 Å².